The molecule has 0 fully saturated rings. The number of hydrogen-bond donors (Lipinski definition) is 0. The van der Waals surface area contributed by atoms with E-state index in [9.17, 15) is 8.42 Å². The minimum Gasteiger partial charge on any atom is -0.497 e. The lowest BCUT2D eigenvalue weighted by Gasteiger charge is -2.00. The van der Waals surface area contributed by atoms with Crippen molar-refractivity contribution in [2.75, 3.05) is 20.5 Å². The maximum absolute atomic E-state index is 11.5. The van der Waals surface area contributed by atoms with Crippen LogP contribution in [0.1, 0.15) is 11.1 Å². The molecule has 0 radical (unpaired) electrons. The van der Waals surface area contributed by atoms with Crippen LogP contribution in [0.2, 0.25) is 0 Å². The van der Waals surface area contributed by atoms with E-state index in [1.165, 1.54) is 0 Å². The Bertz CT molecular complexity index is 850. The number of allylic oxidation sites excluding steroid dienone is 2. The van der Waals surface area contributed by atoms with Crippen molar-refractivity contribution in [3.63, 3.8) is 0 Å². The number of sulfonamides is 1. The molecule has 0 amide bonds. The first-order valence-corrected chi connectivity index (χ1v) is 9.68. The second kappa shape index (κ2) is 9.01. The third-order valence-corrected chi connectivity index (χ3v) is 3.94. The molecule has 5 nitrogen and oxygen atoms in total. The number of benzene rings is 2. The van der Waals surface area contributed by atoms with E-state index < -0.39 is 10.0 Å². The summed E-state index contributed by atoms with van der Waals surface area (Å²) in [6, 6.07) is 14.8. The second-order valence-corrected chi connectivity index (χ2v) is 7.11. The first-order chi connectivity index (χ1) is 12.4. The lowest BCUT2D eigenvalue weighted by molar-refractivity contribution is 0.414. The molecular weight excluding hydrogens is 350 g/mol. The van der Waals surface area contributed by atoms with Crippen molar-refractivity contribution in [2.45, 2.75) is 0 Å². The zero-order valence-corrected chi connectivity index (χ0v) is 15.7. The van der Waals surface area contributed by atoms with Gasteiger partial charge in [-0.3, -0.25) is 0 Å². The fraction of sp³-hybridized carbons (Fsp3) is 0.150. The van der Waals surface area contributed by atoms with Crippen LogP contribution in [-0.2, 0) is 10.0 Å². The molecule has 2 rings (SSSR count). The average molecular weight is 371 g/mol. The lowest BCUT2D eigenvalue weighted by atomic mass is 10.1. The molecule has 2 aromatic carbocycles. The molecule has 0 aliphatic carbocycles. The van der Waals surface area contributed by atoms with Gasteiger partial charge in [-0.25, -0.2) is 8.42 Å². The molecule has 0 saturated heterocycles. The number of ether oxygens (including phenoxy) is 2. The molecule has 0 aliphatic rings. The summed E-state index contributed by atoms with van der Waals surface area (Å²) < 4.78 is 37.1. The van der Waals surface area contributed by atoms with Crippen LogP contribution in [0.4, 0.5) is 0 Å². The highest BCUT2D eigenvalue weighted by Gasteiger charge is 2.00. The van der Waals surface area contributed by atoms with Crippen LogP contribution >= 0.6 is 0 Å². The van der Waals surface area contributed by atoms with E-state index in [0.29, 0.717) is 5.71 Å². The Morgan fingerprint density at radius 1 is 0.808 bits per heavy atom. The van der Waals surface area contributed by atoms with Gasteiger partial charge in [0.15, 0.2) is 0 Å². The minimum atomic E-state index is -3.51. The van der Waals surface area contributed by atoms with Crippen LogP contribution in [0.3, 0.4) is 0 Å². The van der Waals surface area contributed by atoms with Gasteiger partial charge in [0.25, 0.3) is 10.0 Å². The zero-order valence-electron chi connectivity index (χ0n) is 14.9. The number of hydrogen-bond acceptors (Lipinski definition) is 4. The molecule has 0 heterocycles. The van der Waals surface area contributed by atoms with E-state index in [0.717, 1.165) is 28.9 Å². The highest BCUT2D eigenvalue weighted by atomic mass is 32.2. The predicted molar refractivity (Wildman–Crippen MR) is 106 cm³/mol. The van der Waals surface area contributed by atoms with Crippen molar-refractivity contribution in [1.29, 1.82) is 0 Å². The summed E-state index contributed by atoms with van der Waals surface area (Å²) in [7, 11) is -0.302. The zero-order chi connectivity index (χ0) is 19.0. The molecule has 26 heavy (non-hydrogen) atoms. The van der Waals surface area contributed by atoms with Gasteiger partial charge in [-0.1, -0.05) is 36.4 Å². The van der Waals surface area contributed by atoms with Crippen molar-refractivity contribution in [3.05, 3.63) is 71.8 Å². The van der Waals surface area contributed by atoms with Gasteiger partial charge >= 0.3 is 0 Å². The third-order valence-electron chi connectivity index (χ3n) is 3.40. The van der Waals surface area contributed by atoms with Crippen molar-refractivity contribution >= 4 is 27.9 Å². The summed E-state index contributed by atoms with van der Waals surface area (Å²) in [6.07, 6.45) is 7.96. The molecule has 0 atom stereocenters. The molecule has 6 heteroatoms. The summed E-state index contributed by atoms with van der Waals surface area (Å²) in [6.45, 7) is 0. The molecule has 0 aliphatic heterocycles. The molecule has 0 bridgehead atoms. The number of nitrogens with zero attached hydrogens (tertiary/aromatic N) is 1. The maximum atomic E-state index is 11.5. The highest BCUT2D eigenvalue weighted by molar-refractivity contribution is 7.89. The van der Waals surface area contributed by atoms with Gasteiger partial charge in [0, 0.05) is 0 Å². The van der Waals surface area contributed by atoms with E-state index in [-0.39, 0.29) is 0 Å². The van der Waals surface area contributed by atoms with Crippen molar-refractivity contribution < 1.29 is 17.9 Å². The first kappa shape index (κ1) is 19.5. The van der Waals surface area contributed by atoms with Crippen molar-refractivity contribution in [2.24, 2.45) is 4.40 Å². The van der Waals surface area contributed by atoms with Crippen molar-refractivity contribution in [3.8, 4) is 11.5 Å². The molecule has 0 spiro atoms. The molecule has 136 valence electrons. The Labute approximate surface area is 154 Å². The van der Waals surface area contributed by atoms with Gasteiger partial charge < -0.3 is 9.47 Å². The average Bonchev–Trinajstić information content (AvgIpc) is 2.63. The normalized spacial score (nSPS) is 11.7. The monoisotopic (exact) mass is 371 g/mol. The van der Waals surface area contributed by atoms with E-state index in [1.807, 2.05) is 48.5 Å². The molecule has 0 saturated carbocycles. The summed E-state index contributed by atoms with van der Waals surface area (Å²) in [4.78, 5) is 0. The Hall–Kier alpha value is -2.86. The van der Waals surface area contributed by atoms with Crippen LogP contribution in [0.5, 0.6) is 11.5 Å². The molecule has 0 aromatic heterocycles. The van der Waals surface area contributed by atoms with E-state index >= 15 is 0 Å². The van der Waals surface area contributed by atoms with Gasteiger partial charge in [0.1, 0.15) is 11.5 Å². The topological polar surface area (TPSA) is 65.0 Å². The van der Waals surface area contributed by atoms with Gasteiger partial charge in [0.05, 0.1) is 26.2 Å². The van der Waals surface area contributed by atoms with Crippen LogP contribution in [-0.4, -0.2) is 34.6 Å². The fourth-order valence-electron chi connectivity index (χ4n) is 2.10. The summed E-state index contributed by atoms with van der Waals surface area (Å²) in [5, 5.41) is 0. The third kappa shape index (κ3) is 6.57. The Balaban J connectivity index is 2.23. The predicted octanol–water partition coefficient (Wildman–Crippen LogP) is 3.83. The number of methoxy groups -OCH3 is 2. The summed E-state index contributed by atoms with van der Waals surface area (Å²) in [5.74, 6) is 1.51. The van der Waals surface area contributed by atoms with Gasteiger partial charge in [-0.2, -0.15) is 4.40 Å². The van der Waals surface area contributed by atoms with E-state index in [1.54, 1.807) is 38.5 Å². The number of rotatable bonds is 7. The van der Waals surface area contributed by atoms with Crippen LogP contribution in [0, 0.1) is 0 Å². The second-order valence-electron chi connectivity index (χ2n) is 5.46. The Kier molecular flexibility index (Phi) is 6.74. The summed E-state index contributed by atoms with van der Waals surface area (Å²) in [5.41, 5.74) is 2.15. The summed E-state index contributed by atoms with van der Waals surface area (Å²) >= 11 is 0. The standard InChI is InChI=1S/C20H21NO4S/c1-24-19-12-6-16(7-13-19)4-10-18(21-26(3,22)23)11-5-17-8-14-20(25-2)15-9-17/h4-15H,1-3H3/b10-4+,11-5+. The quantitative estimate of drug-likeness (QED) is 0.694. The van der Waals surface area contributed by atoms with Crippen molar-refractivity contribution in [1.82, 2.24) is 0 Å². The molecular formula is C20H21NO4S. The van der Waals surface area contributed by atoms with Gasteiger partial charge in [-0.05, 0) is 47.5 Å². The van der Waals surface area contributed by atoms with Crippen LogP contribution < -0.4 is 9.47 Å². The largest absolute Gasteiger partial charge is 0.497 e. The molecule has 0 N–H and O–H groups in total. The minimum absolute atomic E-state index is 0.333. The van der Waals surface area contributed by atoms with E-state index in [2.05, 4.69) is 4.40 Å². The van der Waals surface area contributed by atoms with Crippen LogP contribution in [0.15, 0.2) is 65.1 Å². The van der Waals surface area contributed by atoms with E-state index in [4.69, 9.17) is 9.47 Å². The molecule has 2 aromatic rings. The Morgan fingerprint density at radius 2 is 1.19 bits per heavy atom. The highest BCUT2D eigenvalue weighted by Crippen LogP contribution is 2.14. The smallest absolute Gasteiger partial charge is 0.250 e. The molecule has 0 unspecified atom stereocenters. The van der Waals surface area contributed by atoms with Crippen LogP contribution in [0.25, 0.3) is 12.2 Å². The first-order valence-electron chi connectivity index (χ1n) is 7.84. The SMILES string of the molecule is COc1ccc(/C=C/C(/C=C/c2ccc(OC)cc2)=NS(C)(=O)=O)cc1. The lowest BCUT2D eigenvalue weighted by Crippen LogP contribution is -1.97. The van der Waals surface area contributed by atoms with Gasteiger partial charge in [0.2, 0.25) is 0 Å². The maximum Gasteiger partial charge on any atom is 0.250 e. The Morgan fingerprint density at radius 3 is 1.50 bits per heavy atom. The fourth-order valence-corrected chi connectivity index (χ4v) is 2.61. The van der Waals surface area contributed by atoms with Gasteiger partial charge in [-0.15, -0.1) is 0 Å².